The van der Waals surface area contributed by atoms with Crippen molar-refractivity contribution in [3.8, 4) is 0 Å². The maximum absolute atomic E-state index is 12.7. The molecule has 1 N–H and O–H groups in total. The molecule has 0 aliphatic carbocycles. The fourth-order valence-corrected chi connectivity index (χ4v) is 3.18. The Kier molecular flexibility index (Phi) is 5.26. The van der Waals surface area contributed by atoms with Crippen molar-refractivity contribution in [1.29, 1.82) is 0 Å². The van der Waals surface area contributed by atoms with Gasteiger partial charge in [-0.05, 0) is 30.7 Å². The monoisotopic (exact) mass is 298 g/mol. The van der Waals surface area contributed by atoms with E-state index >= 15 is 0 Å². The number of rotatable bonds is 5. The number of benzene rings is 2. The van der Waals surface area contributed by atoms with Gasteiger partial charge in [-0.2, -0.15) is 0 Å². The largest absolute Gasteiger partial charge is 0.383 e. The summed E-state index contributed by atoms with van der Waals surface area (Å²) in [7, 11) is -1.42. The van der Waals surface area contributed by atoms with Crippen molar-refractivity contribution in [2.75, 3.05) is 0 Å². The van der Waals surface area contributed by atoms with Gasteiger partial charge in [0.05, 0.1) is 15.7 Å². The van der Waals surface area contributed by atoms with E-state index in [9.17, 15) is 9.32 Å². The number of aliphatic hydroxyl groups excluding tert-OH is 1. The Labute approximate surface area is 127 Å². The van der Waals surface area contributed by atoms with E-state index in [1.165, 1.54) is 0 Å². The second-order valence-electron chi connectivity index (χ2n) is 4.70. The van der Waals surface area contributed by atoms with Crippen LogP contribution in [-0.4, -0.2) is 9.32 Å². The topological polar surface area (TPSA) is 37.3 Å². The van der Waals surface area contributed by atoms with Gasteiger partial charge in [-0.15, -0.1) is 0 Å². The van der Waals surface area contributed by atoms with E-state index in [0.29, 0.717) is 15.4 Å². The van der Waals surface area contributed by atoms with Crippen molar-refractivity contribution >= 4 is 10.8 Å². The molecule has 2 aromatic carbocycles. The maximum Gasteiger partial charge on any atom is 0.113 e. The van der Waals surface area contributed by atoms with Gasteiger partial charge in [0.25, 0.3) is 0 Å². The second-order valence-corrected chi connectivity index (χ2v) is 6.18. The van der Waals surface area contributed by atoms with Crippen LogP contribution >= 0.6 is 0 Å². The van der Waals surface area contributed by atoms with Crippen LogP contribution in [0.25, 0.3) is 0 Å². The lowest BCUT2D eigenvalue weighted by Crippen LogP contribution is -2.07. The summed E-state index contributed by atoms with van der Waals surface area (Å²) >= 11 is 0. The Morgan fingerprint density at radius 1 is 1.14 bits per heavy atom. The van der Waals surface area contributed by atoms with Gasteiger partial charge < -0.3 is 5.11 Å². The lowest BCUT2D eigenvalue weighted by atomic mass is 10.1. The summed E-state index contributed by atoms with van der Waals surface area (Å²) in [6.07, 6.45) is 2.26. The van der Waals surface area contributed by atoms with Crippen LogP contribution in [0.15, 0.2) is 83.1 Å². The molecule has 2 nitrogen and oxygen atoms in total. The summed E-state index contributed by atoms with van der Waals surface area (Å²) in [5.41, 5.74) is 1.82. The van der Waals surface area contributed by atoms with Crippen LogP contribution in [-0.2, 0) is 10.8 Å². The van der Waals surface area contributed by atoms with Crippen LogP contribution in [0.2, 0.25) is 0 Å². The molecule has 0 spiro atoms. The Morgan fingerprint density at radius 3 is 2.33 bits per heavy atom. The molecular weight excluding hydrogens is 280 g/mol. The molecule has 0 fully saturated rings. The molecule has 2 rings (SSSR count). The van der Waals surface area contributed by atoms with Gasteiger partial charge in [-0.1, -0.05) is 60.7 Å². The number of aliphatic hydroxyl groups is 1. The minimum atomic E-state index is -1.42. The SMILES string of the molecule is C=C/C=C(/[C@H](O)c1ccccc1)S(=O)c1ccc(C)cc1. The highest BCUT2D eigenvalue weighted by atomic mass is 32.2. The fourth-order valence-electron chi connectivity index (χ4n) is 1.97. The average molecular weight is 298 g/mol. The van der Waals surface area contributed by atoms with E-state index in [4.69, 9.17) is 0 Å². The second kappa shape index (κ2) is 7.16. The third kappa shape index (κ3) is 3.78. The van der Waals surface area contributed by atoms with Crippen LogP contribution in [0.1, 0.15) is 17.2 Å². The first kappa shape index (κ1) is 15.4. The van der Waals surface area contributed by atoms with Gasteiger partial charge in [-0.3, -0.25) is 0 Å². The van der Waals surface area contributed by atoms with Crippen molar-refractivity contribution in [3.05, 3.63) is 89.4 Å². The Bertz CT molecular complexity index is 657. The normalized spacial score (nSPS) is 14.5. The highest BCUT2D eigenvalue weighted by Crippen LogP contribution is 2.28. The molecule has 0 saturated carbocycles. The van der Waals surface area contributed by atoms with Gasteiger partial charge >= 0.3 is 0 Å². The quantitative estimate of drug-likeness (QED) is 0.850. The maximum atomic E-state index is 12.7. The Hall–Kier alpha value is -1.97. The van der Waals surface area contributed by atoms with Gasteiger partial charge in [0.15, 0.2) is 0 Å². The first-order valence-corrected chi connectivity index (χ1v) is 7.82. The summed E-state index contributed by atoms with van der Waals surface area (Å²) in [5.74, 6) is 0. The predicted octanol–water partition coefficient (Wildman–Crippen LogP) is 3.91. The van der Waals surface area contributed by atoms with Crippen molar-refractivity contribution in [3.63, 3.8) is 0 Å². The zero-order chi connectivity index (χ0) is 15.2. The van der Waals surface area contributed by atoms with Crippen LogP contribution in [0.3, 0.4) is 0 Å². The number of allylic oxidation sites excluding steroid dienone is 2. The molecule has 0 saturated heterocycles. The van der Waals surface area contributed by atoms with Crippen LogP contribution < -0.4 is 0 Å². The molecule has 0 aliphatic heterocycles. The summed E-state index contributed by atoms with van der Waals surface area (Å²) in [5, 5.41) is 10.5. The molecule has 0 radical (unpaired) electrons. The van der Waals surface area contributed by atoms with Gasteiger partial charge in [0.2, 0.25) is 0 Å². The molecule has 0 bridgehead atoms. The zero-order valence-electron chi connectivity index (χ0n) is 11.9. The molecule has 0 aliphatic rings. The highest BCUT2D eigenvalue weighted by molar-refractivity contribution is 7.89. The van der Waals surface area contributed by atoms with Crippen LogP contribution in [0, 0.1) is 6.92 Å². The molecule has 3 heteroatoms. The summed E-state index contributed by atoms with van der Waals surface area (Å²) < 4.78 is 12.7. The first-order valence-electron chi connectivity index (χ1n) is 6.67. The minimum Gasteiger partial charge on any atom is -0.383 e. The molecule has 2 aromatic rings. The lowest BCUT2D eigenvalue weighted by molar-refractivity contribution is 0.224. The smallest absolute Gasteiger partial charge is 0.113 e. The first-order chi connectivity index (χ1) is 10.1. The summed E-state index contributed by atoms with van der Waals surface area (Å²) in [6, 6.07) is 16.7. The van der Waals surface area contributed by atoms with Crippen molar-refractivity contribution < 1.29 is 9.32 Å². The third-order valence-electron chi connectivity index (χ3n) is 3.12. The summed E-state index contributed by atoms with van der Waals surface area (Å²) in [6.45, 7) is 5.62. The summed E-state index contributed by atoms with van der Waals surface area (Å²) in [4.78, 5) is 1.10. The highest BCUT2D eigenvalue weighted by Gasteiger charge is 2.19. The average Bonchev–Trinajstić information content (AvgIpc) is 2.53. The third-order valence-corrected chi connectivity index (χ3v) is 4.60. The molecule has 108 valence electrons. The van der Waals surface area contributed by atoms with E-state index in [-0.39, 0.29) is 0 Å². The molecule has 2 atom stereocenters. The van der Waals surface area contributed by atoms with Crippen molar-refractivity contribution in [1.82, 2.24) is 0 Å². The predicted molar refractivity (Wildman–Crippen MR) is 87.3 cm³/mol. The molecule has 0 heterocycles. The zero-order valence-corrected chi connectivity index (χ0v) is 12.7. The van der Waals surface area contributed by atoms with E-state index < -0.39 is 16.9 Å². The molecular formula is C18H18O2S. The van der Waals surface area contributed by atoms with E-state index in [2.05, 4.69) is 6.58 Å². The number of aryl methyl sites for hydroxylation is 1. The minimum absolute atomic E-state index is 0.431. The fraction of sp³-hybridized carbons (Fsp3) is 0.111. The van der Waals surface area contributed by atoms with Crippen molar-refractivity contribution in [2.45, 2.75) is 17.9 Å². The van der Waals surface area contributed by atoms with Gasteiger partial charge in [-0.25, -0.2) is 4.21 Å². The molecule has 0 amide bonds. The van der Waals surface area contributed by atoms with Crippen molar-refractivity contribution in [2.24, 2.45) is 0 Å². The Balaban J connectivity index is 2.35. The molecule has 21 heavy (non-hydrogen) atoms. The molecule has 1 unspecified atom stereocenters. The van der Waals surface area contributed by atoms with E-state index in [1.54, 1.807) is 12.2 Å². The Morgan fingerprint density at radius 2 is 1.76 bits per heavy atom. The number of hydrogen-bond acceptors (Lipinski definition) is 2. The lowest BCUT2D eigenvalue weighted by Gasteiger charge is -2.15. The van der Waals surface area contributed by atoms with Gasteiger partial charge in [0, 0.05) is 4.90 Å². The van der Waals surface area contributed by atoms with Crippen LogP contribution in [0.5, 0.6) is 0 Å². The molecule has 0 aromatic heterocycles. The standard InChI is InChI=1S/C18H18O2S/c1-3-7-17(18(19)15-8-5-4-6-9-15)21(20)16-12-10-14(2)11-13-16/h3-13,18-19H,1H2,2H3/b17-7-/t18-,21?/m1/s1. The van der Waals surface area contributed by atoms with E-state index in [1.807, 2.05) is 61.5 Å². The van der Waals surface area contributed by atoms with Crippen LogP contribution in [0.4, 0.5) is 0 Å². The number of hydrogen-bond donors (Lipinski definition) is 1. The van der Waals surface area contributed by atoms with Gasteiger partial charge in [0.1, 0.15) is 6.10 Å². The van der Waals surface area contributed by atoms with E-state index in [0.717, 1.165) is 5.56 Å².